The molecule has 35 heavy (non-hydrogen) atoms. The van der Waals surface area contributed by atoms with Gasteiger partial charge in [0, 0.05) is 17.1 Å². The summed E-state index contributed by atoms with van der Waals surface area (Å²) in [6.45, 7) is 5.86. The van der Waals surface area contributed by atoms with Crippen molar-refractivity contribution in [3.8, 4) is 0 Å². The summed E-state index contributed by atoms with van der Waals surface area (Å²) in [5.41, 5.74) is 5.85. The van der Waals surface area contributed by atoms with Gasteiger partial charge in [-0.05, 0) is 50.1 Å². The van der Waals surface area contributed by atoms with E-state index in [1.165, 1.54) is 11.8 Å². The average Bonchev–Trinajstić information content (AvgIpc) is 2.85. The number of nitrogens with one attached hydrogen (secondary N) is 3. The van der Waals surface area contributed by atoms with Gasteiger partial charge >= 0.3 is 0 Å². The summed E-state index contributed by atoms with van der Waals surface area (Å²) >= 11 is 1.31. The molecule has 0 spiro atoms. The fourth-order valence-electron chi connectivity index (χ4n) is 3.89. The van der Waals surface area contributed by atoms with Crippen LogP contribution in [0.1, 0.15) is 29.7 Å². The third kappa shape index (κ3) is 6.19. The molecule has 0 radical (unpaired) electrons. The van der Waals surface area contributed by atoms with Crippen molar-refractivity contribution in [1.82, 2.24) is 5.32 Å². The van der Waals surface area contributed by atoms with Gasteiger partial charge in [-0.25, -0.2) is 4.99 Å². The first-order valence-electron chi connectivity index (χ1n) is 11.4. The molecule has 0 bridgehead atoms. The Morgan fingerprint density at radius 3 is 2.29 bits per heavy atom. The molecule has 1 atom stereocenters. The monoisotopic (exact) mass is 484 g/mol. The maximum atomic E-state index is 13.2. The Morgan fingerprint density at radius 2 is 1.60 bits per heavy atom. The maximum absolute atomic E-state index is 13.2. The highest BCUT2D eigenvalue weighted by atomic mass is 32.2. The number of rotatable bonds is 6. The van der Waals surface area contributed by atoms with Gasteiger partial charge in [0.05, 0.1) is 11.3 Å². The summed E-state index contributed by atoms with van der Waals surface area (Å²) in [7, 11) is 0. The standard InChI is InChI=1S/C28H28N4O2S/c1-18-14-15-23(19(2)16-18)31-24(33)17-35-28-29-20(3)25(26(32-28)21-10-6-4-7-11-21)27(34)30-22-12-8-5-9-13-22/h4-16,26H,17H2,1-3H3,(H,29,32)(H,30,34)(H,31,33)/t26-/m0/s1. The van der Waals surface area contributed by atoms with Crippen molar-refractivity contribution >= 4 is 40.1 Å². The fraction of sp³-hybridized carbons (Fsp3) is 0.179. The SMILES string of the molecule is CC1=C(C(=O)Nc2ccccc2)[C@H](c2ccccc2)N=C(SCC(=O)Nc2ccc(C)cc2C)N1. The number of nitrogens with zero attached hydrogens (tertiary/aromatic N) is 1. The van der Waals surface area contributed by atoms with E-state index in [-0.39, 0.29) is 17.6 Å². The van der Waals surface area contributed by atoms with E-state index in [0.717, 1.165) is 28.1 Å². The minimum atomic E-state index is -0.480. The number of para-hydroxylation sites is 1. The molecule has 0 saturated heterocycles. The van der Waals surface area contributed by atoms with Crippen LogP contribution >= 0.6 is 11.8 Å². The lowest BCUT2D eigenvalue weighted by Crippen LogP contribution is -2.32. The lowest BCUT2D eigenvalue weighted by molar-refractivity contribution is -0.114. The molecule has 0 fully saturated rings. The highest BCUT2D eigenvalue weighted by molar-refractivity contribution is 8.14. The Hall–Kier alpha value is -3.84. The number of hydrogen-bond donors (Lipinski definition) is 3. The van der Waals surface area contributed by atoms with Crippen LogP contribution in [-0.4, -0.2) is 22.7 Å². The highest BCUT2D eigenvalue weighted by Crippen LogP contribution is 2.33. The van der Waals surface area contributed by atoms with Crippen molar-refractivity contribution in [2.24, 2.45) is 4.99 Å². The molecule has 6 nitrogen and oxygen atoms in total. The van der Waals surface area contributed by atoms with Crippen molar-refractivity contribution in [1.29, 1.82) is 0 Å². The van der Waals surface area contributed by atoms with E-state index in [1.54, 1.807) is 0 Å². The van der Waals surface area contributed by atoms with E-state index in [9.17, 15) is 9.59 Å². The van der Waals surface area contributed by atoms with E-state index in [1.807, 2.05) is 99.6 Å². The molecule has 1 heterocycles. The third-order valence-corrected chi connectivity index (χ3v) is 6.49. The summed E-state index contributed by atoms with van der Waals surface area (Å²) in [6.07, 6.45) is 0. The predicted molar refractivity (Wildman–Crippen MR) is 145 cm³/mol. The molecule has 0 unspecified atom stereocenters. The number of carbonyl (C=O) groups excluding carboxylic acids is 2. The number of benzene rings is 3. The molecule has 3 aromatic rings. The molecule has 1 aliphatic heterocycles. The van der Waals surface area contributed by atoms with Gasteiger partial charge in [0.25, 0.3) is 5.91 Å². The van der Waals surface area contributed by atoms with E-state index >= 15 is 0 Å². The molecule has 0 saturated carbocycles. The normalized spacial score (nSPS) is 15.2. The zero-order valence-electron chi connectivity index (χ0n) is 20.0. The van der Waals surface area contributed by atoms with Gasteiger partial charge in [-0.15, -0.1) is 0 Å². The van der Waals surface area contributed by atoms with Crippen LogP contribution in [0.25, 0.3) is 0 Å². The van der Waals surface area contributed by atoms with Crippen LogP contribution < -0.4 is 16.0 Å². The number of allylic oxidation sites excluding steroid dienone is 1. The predicted octanol–water partition coefficient (Wildman–Crippen LogP) is 5.59. The van der Waals surface area contributed by atoms with E-state index in [2.05, 4.69) is 16.0 Å². The summed E-state index contributed by atoms with van der Waals surface area (Å²) in [4.78, 5) is 30.7. The largest absolute Gasteiger partial charge is 0.338 e. The second-order valence-corrected chi connectivity index (χ2v) is 9.35. The number of amidine groups is 1. The molecular weight excluding hydrogens is 456 g/mol. The zero-order valence-corrected chi connectivity index (χ0v) is 20.8. The number of anilines is 2. The van der Waals surface area contributed by atoms with Crippen LogP contribution in [0.3, 0.4) is 0 Å². The first-order valence-corrected chi connectivity index (χ1v) is 12.4. The van der Waals surface area contributed by atoms with Crippen molar-refractivity contribution < 1.29 is 9.59 Å². The second kappa shape index (κ2) is 11.1. The minimum absolute atomic E-state index is 0.114. The molecule has 1 aliphatic rings. The summed E-state index contributed by atoms with van der Waals surface area (Å²) in [6, 6.07) is 24.5. The summed E-state index contributed by atoms with van der Waals surface area (Å²) in [5, 5.41) is 9.76. The second-order valence-electron chi connectivity index (χ2n) is 8.39. The first kappa shape index (κ1) is 24.3. The van der Waals surface area contributed by atoms with Gasteiger partial charge in [-0.2, -0.15) is 0 Å². The number of thioether (sulfide) groups is 1. The number of hydrogen-bond acceptors (Lipinski definition) is 5. The van der Waals surface area contributed by atoms with E-state index in [4.69, 9.17) is 4.99 Å². The van der Waals surface area contributed by atoms with Gasteiger partial charge < -0.3 is 16.0 Å². The van der Waals surface area contributed by atoms with Gasteiger partial charge in [-0.3, -0.25) is 9.59 Å². The van der Waals surface area contributed by atoms with Crippen molar-refractivity contribution in [3.63, 3.8) is 0 Å². The summed E-state index contributed by atoms with van der Waals surface area (Å²) in [5.74, 6) is -0.133. The highest BCUT2D eigenvalue weighted by Gasteiger charge is 2.29. The quantitative estimate of drug-likeness (QED) is 0.426. The smallest absolute Gasteiger partial charge is 0.255 e. The van der Waals surface area contributed by atoms with Gasteiger partial charge in [0.2, 0.25) is 5.91 Å². The number of amides is 2. The number of carbonyl (C=O) groups is 2. The van der Waals surface area contributed by atoms with E-state index < -0.39 is 6.04 Å². The van der Waals surface area contributed by atoms with Crippen LogP contribution in [0.5, 0.6) is 0 Å². The summed E-state index contributed by atoms with van der Waals surface area (Å²) < 4.78 is 0. The van der Waals surface area contributed by atoms with E-state index in [0.29, 0.717) is 16.4 Å². The third-order valence-electron chi connectivity index (χ3n) is 5.61. The van der Waals surface area contributed by atoms with Gasteiger partial charge in [0.1, 0.15) is 6.04 Å². The molecule has 178 valence electrons. The van der Waals surface area contributed by atoms with Crippen LogP contribution in [0.15, 0.2) is 95.1 Å². The van der Waals surface area contributed by atoms with Crippen LogP contribution in [0, 0.1) is 13.8 Å². The van der Waals surface area contributed by atoms with Crippen molar-refractivity contribution in [2.75, 3.05) is 16.4 Å². The molecular formula is C28H28N4O2S. The Bertz CT molecular complexity index is 1290. The van der Waals surface area contributed by atoms with Gasteiger partial charge in [-0.1, -0.05) is 78.0 Å². The molecule has 7 heteroatoms. The molecule has 0 aromatic heterocycles. The van der Waals surface area contributed by atoms with Crippen LogP contribution in [-0.2, 0) is 9.59 Å². The minimum Gasteiger partial charge on any atom is -0.338 e. The number of aryl methyl sites for hydroxylation is 2. The maximum Gasteiger partial charge on any atom is 0.255 e. The Balaban J connectivity index is 1.50. The Kier molecular flexibility index (Phi) is 7.67. The molecule has 3 aromatic carbocycles. The van der Waals surface area contributed by atoms with Crippen molar-refractivity contribution in [3.05, 3.63) is 107 Å². The molecule has 2 amide bonds. The molecule has 3 N–H and O–H groups in total. The average molecular weight is 485 g/mol. The topological polar surface area (TPSA) is 82.6 Å². The molecule has 4 rings (SSSR count). The fourth-order valence-corrected chi connectivity index (χ4v) is 4.63. The lowest BCUT2D eigenvalue weighted by atomic mass is 9.96. The Labute approximate surface area is 209 Å². The number of aliphatic imine (C=N–C) groups is 1. The lowest BCUT2D eigenvalue weighted by Gasteiger charge is -2.26. The van der Waals surface area contributed by atoms with Crippen LogP contribution in [0.4, 0.5) is 11.4 Å². The van der Waals surface area contributed by atoms with Crippen molar-refractivity contribution in [2.45, 2.75) is 26.8 Å². The molecule has 0 aliphatic carbocycles. The Morgan fingerprint density at radius 1 is 0.914 bits per heavy atom. The van der Waals surface area contributed by atoms with Gasteiger partial charge in [0.15, 0.2) is 5.17 Å². The van der Waals surface area contributed by atoms with Crippen LogP contribution in [0.2, 0.25) is 0 Å². The first-order chi connectivity index (χ1) is 16.9. The zero-order chi connectivity index (χ0) is 24.8.